The van der Waals surface area contributed by atoms with Gasteiger partial charge in [0.15, 0.2) is 0 Å². The molecule has 0 unspecified atom stereocenters. The van der Waals surface area contributed by atoms with Crippen molar-refractivity contribution in [1.29, 1.82) is 0 Å². The van der Waals surface area contributed by atoms with Crippen LogP contribution in [0, 0.1) is 5.82 Å². The lowest BCUT2D eigenvalue weighted by molar-refractivity contribution is -0.139. The number of methoxy groups -OCH3 is 1. The van der Waals surface area contributed by atoms with Gasteiger partial charge in [0.05, 0.1) is 19.1 Å². The summed E-state index contributed by atoms with van der Waals surface area (Å²) in [6, 6.07) is 11.3. The van der Waals surface area contributed by atoms with E-state index in [1.807, 2.05) is 0 Å². The number of amides is 2. The lowest BCUT2D eigenvalue weighted by Crippen LogP contribution is -2.52. The second-order valence-corrected chi connectivity index (χ2v) is 10.7. The van der Waals surface area contributed by atoms with E-state index in [2.05, 4.69) is 5.32 Å². The molecule has 2 amide bonds. The Balaban J connectivity index is 1.87. The summed E-state index contributed by atoms with van der Waals surface area (Å²) < 4.78 is 44.8. The summed E-state index contributed by atoms with van der Waals surface area (Å²) >= 11 is 0. The second kappa shape index (κ2) is 11.5. The van der Waals surface area contributed by atoms with Gasteiger partial charge < -0.3 is 15.0 Å². The van der Waals surface area contributed by atoms with Crippen molar-refractivity contribution in [1.82, 2.24) is 10.2 Å². The minimum atomic E-state index is -3.91. The third kappa shape index (κ3) is 7.17. The monoisotopic (exact) mass is 505 g/mol. The van der Waals surface area contributed by atoms with Gasteiger partial charge >= 0.3 is 0 Å². The molecule has 0 aliphatic heterocycles. The fourth-order valence-corrected chi connectivity index (χ4v) is 4.99. The maximum atomic E-state index is 13.8. The molecule has 190 valence electrons. The van der Waals surface area contributed by atoms with Gasteiger partial charge in [0, 0.05) is 12.6 Å². The maximum absolute atomic E-state index is 13.8. The van der Waals surface area contributed by atoms with Crippen molar-refractivity contribution in [3.8, 4) is 5.75 Å². The number of benzene rings is 2. The molecule has 1 saturated carbocycles. The third-order valence-corrected chi connectivity index (χ3v) is 7.30. The molecule has 10 heteroatoms. The highest BCUT2D eigenvalue weighted by atomic mass is 32.2. The highest BCUT2D eigenvalue weighted by Crippen LogP contribution is 2.22. The SMILES string of the molecule is COc1ccc(CN(C(=O)CN(c2cccc(F)c2)S(C)(=O)=O)[C@H](C)C(=O)NC2CCCC2)cc1. The van der Waals surface area contributed by atoms with E-state index < -0.39 is 34.3 Å². The molecular weight excluding hydrogens is 473 g/mol. The van der Waals surface area contributed by atoms with E-state index in [0.717, 1.165) is 47.9 Å². The van der Waals surface area contributed by atoms with Crippen LogP contribution < -0.4 is 14.4 Å². The van der Waals surface area contributed by atoms with Crippen LogP contribution in [0.5, 0.6) is 5.75 Å². The number of sulfonamides is 1. The molecule has 8 nitrogen and oxygen atoms in total. The standard InChI is InChI=1S/C25H32FN3O5S/c1-18(25(31)27-21-8-4-5-9-21)28(16-19-11-13-23(34-2)14-12-19)24(30)17-29(35(3,32)33)22-10-6-7-20(26)15-22/h6-7,10-15,18,21H,4-5,8-9,16-17H2,1-3H3,(H,27,31)/t18-/m1/s1. The minimum absolute atomic E-state index is 0.0355. The van der Waals surface area contributed by atoms with Crippen molar-refractivity contribution >= 4 is 27.5 Å². The van der Waals surface area contributed by atoms with Crippen molar-refractivity contribution in [2.45, 2.75) is 51.2 Å². The Hall–Kier alpha value is -3.14. The quantitative estimate of drug-likeness (QED) is 0.535. The molecule has 0 bridgehead atoms. The predicted octanol–water partition coefficient (Wildman–Crippen LogP) is 3.08. The van der Waals surface area contributed by atoms with Crippen molar-refractivity contribution in [3.63, 3.8) is 0 Å². The topological polar surface area (TPSA) is 96.0 Å². The zero-order chi connectivity index (χ0) is 25.6. The van der Waals surface area contributed by atoms with Gasteiger partial charge in [0.25, 0.3) is 0 Å². The molecule has 1 aliphatic carbocycles. The second-order valence-electron chi connectivity index (χ2n) is 8.79. The number of nitrogens with zero attached hydrogens (tertiary/aromatic N) is 2. The molecule has 0 aromatic heterocycles. The predicted molar refractivity (Wildman–Crippen MR) is 132 cm³/mol. The minimum Gasteiger partial charge on any atom is -0.497 e. The zero-order valence-corrected chi connectivity index (χ0v) is 21.1. The van der Waals surface area contributed by atoms with Gasteiger partial charge in [0.2, 0.25) is 21.8 Å². The van der Waals surface area contributed by atoms with Crippen LogP contribution >= 0.6 is 0 Å². The van der Waals surface area contributed by atoms with Gasteiger partial charge in [-0.2, -0.15) is 0 Å². The normalized spacial score (nSPS) is 14.9. The lowest BCUT2D eigenvalue weighted by atomic mass is 10.1. The first-order valence-corrected chi connectivity index (χ1v) is 13.4. The Morgan fingerprint density at radius 3 is 2.37 bits per heavy atom. The molecule has 35 heavy (non-hydrogen) atoms. The molecule has 1 atom stereocenters. The summed E-state index contributed by atoms with van der Waals surface area (Å²) in [5.74, 6) is -0.851. The van der Waals surface area contributed by atoms with Crippen LogP contribution in [-0.2, 0) is 26.2 Å². The molecule has 1 fully saturated rings. The van der Waals surface area contributed by atoms with Gasteiger partial charge in [-0.1, -0.05) is 31.0 Å². The van der Waals surface area contributed by atoms with Gasteiger partial charge in [-0.15, -0.1) is 0 Å². The van der Waals surface area contributed by atoms with Crippen LogP contribution in [-0.4, -0.2) is 57.1 Å². The van der Waals surface area contributed by atoms with Gasteiger partial charge in [-0.3, -0.25) is 13.9 Å². The first-order chi connectivity index (χ1) is 16.6. The van der Waals surface area contributed by atoms with Gasteiger partial charge in [0.1, 0.15) is 24.2 Å². The first-order valence-electron chi connectivity index (χ1n) is 11.5. The largest absolute Gasteiger partial charge is 0.497 e. The van der Waals surface area contributed by atoms with Crippen LogP contribution in [0.1, 0.15) is 38.2 Å². The van der Waals surface area contributed by atoms with Crippen LogP contribution in [0.3, 0.4) is 0 Å². The summed E-state index contributed by atoms with van der Waals surface area (Å²) in [5.41, 5.74) is 0.782. The number of carbonyl (C=O) groups excluding carboxylic acids is 2. The summed E-state index contributed by atoms with van der Waals surface area (Å²) in [5, 5.41) is 3.01. The Bertz CT molecular complexity index is 1130. The van der Waals surface area contributed by atoms with Crippen LogP contribution in [0.4, 0.5) is 10.1 Å². The number of halogens is 1. The van der Waals surface area contributed by atoms with E-state index in [1.165, 1.54) is 23.1 Å². The molecule has 0 radical (unpaired) electrons. The first kappa shape index (κ1) is 26.5. The lowest BCUT2D eigenvalue weighted by Gasteiger charge is -2.32. The average Bonchev–Trinajstić information content (AvgIpc) is 3.33. The molecule has 3 rings (SSSR count). The Morgan fingerprint density at radius 1 is 1.14 bits per heavy atom. The summed E-state index contributed by atoms with van der Waals surface area (Å²) in [6.07, 6.45) is 4.84. The Labute approximate surface area is 206 Å². The summed E-state index contributed by atoms with van der Waals surface area (Å²) in [6.45, 7) is 1.14. The highest BCUT2D eigenvalue weighted by molar-refractivity contribution is 7.92. The zero-order valence-electron chi connectivity index (χ0n) is 20.2. The molecular formula is C25H32FN3O5S. The van der Waals surface area contributed by atoms with Crippen LogP contribution in [0.25, 0.3) is 0 Å². The highest BCUT2D eigenvalue weighted by Gasteiger charge is 2.31. The molecule has 2 aromatic rings. The van der Waals surface area contributed by atoms with E-state index in [-0.39, 0.29) is 24.2 Å². The fraction of sp³-hybridized carbons (Fsp3) is 0.440. The van der Waals surface area contributed by atoms with Crippen molar-refractivity contribution in [2.75, 3.05) is 24.2 Å². The van der Waals surface area contributed by atoms with Gasteiger partial charge in [-0.25, -0.2) is 12.8 Å². The molecule has 0 spiro atoms. The van der Waals surface area contributed by atoms with Crippen molar-refractivity contribution in [3.05, 3.63) is 59.9 Å². The number of hydrogen-bond acceptors (Lipinski definition) is 5. The number of hydrogen-bond donors (Lipinski definition) is 1. The molecule has 2 aromatic carbocycles. The van der Waals surface area contributed by atoms with E-state index in [9.17, 15) is 22.4 Å². The smallest absolute Gasteiger partial charge is 0.244 e. The molecule has 1 N–H and O–H groups in total. The molecule has 1 aliphatic rings. The van der Waals surface area contributed by atoms with E-state index in [0.29, 0.717) is 5.75 Å². The summed E-state index contributed by atoms with van der Waals surface area (Å²) in [7, 11) is -2.36. The maximum Gasteiger partial charge on any atom is 0.244 e. The van der Waals surface area contributed by atoms with E-state index >= 15 is 0 Å². The van der Waals surface area contributed by atoms with E-state index in [4.69, 9.17) is 4.74 Å². The number of ether oxygens (including phenoxy) is 1. The average molecular weight is 506 g/mol. The van der Waals surface area contributed by atoms with Crippen molar-refractivity contribution < 1.29 is 27.1 Å². The van der Waals surface area contributed by atoms with Crippen LogP contribution in [0.2, 0.25) is 0 Å². The number of carbonyl (C=O) groups is 2. The number of nitrogens with one attached hydrogen (secondary N) is 1. The summed E-state index contributed by atoms with van der Waals surface area (Å²) in [4.78, 5) is 27.9. The number of rotatable bonds is 10. The van der Waals surface area contributed by atoms with Crippen LogP contribution in [0.15, 0.2) is 48.5 Å². The molecule has 0 heterocycles. The fourth-order valence-electron chi connectivity index (χ4n) is 4.15. The Kier molecular flexibility index (Phi) is 8.71. The van der Waals surface area contributed by atoms with Gasteiger partial charge in [-0.05, 0) is 55.7 Å². The number of anilines is 1. The Morgan fingerprint density at radius 2 is 1.80 bits per heavy atom. The third-order valence-electron chi connectivity index (χ3n) is 6.16. The molecule has 0 saturated heterocycles. The van der Waals surface area contributed by atoms with Crippen molar-refractivity contribution in [2.24, 2.45) is 0 Å². The van der Waals surface area contributed by atoms with E-state index in [1.54, 1.807) is 38.3 Å².